The summed E-state index contributed by atoms with van der Waals surface area (Å²) < 4.78 is 5.86. The van der Waals surface area contributed by atoms with Gasteiger partial charge in [-0.1, -0.05) is 48.2 Å². The van der Waals surface area contributed by atoms with Gasteiger partial charge in [-0.25, -0.2) is 4.98 Å². The van der Waals surface area contributed by atoms with Gasteiger partial charge in [0.15, 0.2) is 0 Å². The molecule has 2 aromatic carbocycles. The van der Waals surface area contributed by atoms with Gasteiger partial charge in [0.05, 0.1) is 11.6 Å². The predicted molar refractivity (Wildman–Crippen MR) is 107 cm³/mol. The van der Waals surface area contributed by atoms with Gasteiger partial charge in [-0.2, -0.15) is 0 Å². The molecule has 0 aliphatic rings. The second-order valence-electron chi connectivity index (χ2n) is 6.15. The normalized spacial score (nSPS) is 12.0. The summed E-state index contributed by atoms with van der Waals surface area (Å²) in [6.07, 6.45) is 1.70. The molecule has 1 unspecified atom stereocenters. The van der Waals surface area contributed by atoms with Gasteiger partial charge in [0, 0.05) is 16.5 Å². The Balaban J connectivity index is 1.54. The van der Waals surface area contributed by atoms with Crippen molar-refractivity contribution in [3.8, 4) is 0 Å². The topological polar surface area (TPSA) is 55.1 Å². The summed E-state index contributed by atoms with van der Waals surface area (Å²) in [6.45, 7) is 1.91. The summed E-state index contributed by atoms with van der Waals surface area (Å²) in [5, 5.41) is 4.72. The van der Waals surface area contributed by atoms with Crippen molar-refractivity contribution in [2.24, 2.45) is 0 Å². The monoisotopic (exact) mass is 374 g/mol. The zero-order chi connectivity index (χ0) is 18.6. The third-order valence-corrected chi connectivity index (χ3v) is 5.22. The maximum Gasteiger partial charge on any atom is 0.254 e. The van der Waals surface area contributed by atoms with E-state index in [1.54, 1.807) is 18.3 Å². The van der Waals surface area contributed by atoms with Crippen LogP contribution in [0.5, 0.6) is 0 Å². The second kappa shape index (κ2) is 7.68. The van der Waals surface area contributed by atoms with Crippen molar-refractivity contribution in [2.75, 3.05) is 0 Å². The standard InChI is InChI=1S/C22H18N2O2S/c1-15(20-14-16-8-5-6-12-19(16)26-20)24-21(25)18-11-7-13-23-22(18)27-17-9-3-2-4-10-17/h2-15H,1H3,(H,24,25). The van der Waals surface area contributed by atoms with Gasteiger partial charge in [-0.3, -0.25) is 4.79 Å². The minimum Gasteiger partial charge on any atom is -0.459 e. The van der Waals surface area contributed by atoms with E-state index in [0.29, 0.717) is 10.6 Å². The molecule has 2 aromatic heterocycles. The number of hydrogen-bond donors (Lipinski definition) is 1. The number of nitrogens with zero attached hydrogens (tertiary/aromatic N) is 1. The Bertz CT molecular complexity index is 1040. The van der Waals surface area contributed by atoms with Gasteiger partial charge >= 0.3 is 0 Å². The van der Waals surface area contributed by atoms with Crippen LogP contribution in [0, 0.1) is 0 Å². The number of fused-ring (bicyclic) bond motifs is 1. The summed E-state index contributed by atoms with van der Waals surface area (Å²) in [6, 6.07) is 23.0. The highest BCUT2D eigenvalue weighted by Crippen LogP contribution is 2.29. The third kappa shape index (κ3) is 3.88. The number of amides is 1. The molecule has 0 spiro atoms. The second-order valence-corrected chi connectivity index (χ2v) is 7.22. The molecule has 1 amide bonds. The van der Waals surface area contributed by atoms with Gasteiger partial charge in [0.2, 0.25) is 0 Å². The molecule has 0 aliphatic heterocycles. The molecule has 134 valence electrons. The summed E-state index contributed by atoms with van der Waals surface area (Å²) in [5.74, 6) is 0.556. The van der Waals surface area contributed by atoms with Crippen molar-refractivity contribution < 1.29 is 9.21 Å². The lowest BCUT2D eigenvalue weighted by molar-refractivity contribution is 0.0932. The van der Waals surface area contributed by atoms with Crippen LogP contribution in [0.2, 0.25) is 0 Å². The third-order valence-electron chi connectivity index (χ3n) is 4.19. The first-order chi connectivity index (χ1) is 13.2. The lowest BCUT2D eigenvalue weighted by atomic mass is 10.2. The van der Waals surface area contributed by atoms with Crippen molar-refractivity contribution in [2.45, 2.75) is 22.9 Å². The van der Waals surface area contributed by atoms with Crippen LogP contribution in [0.4, 0.5) is 0 Å². The Kier molecular flexibility index (Phi) is 4.94. The number of benzene rings is 2. The fourth-order valence-electron chi connectivity index (χ4n) is 2.81. The van der Waals surface area contributed by atoms with Crippen molar-refractivity contribution >= 4 is 28.6 Å². The van der Waals surface area contributed by atoms with E-state index >= 15 is 0 Å². The van der Waals surface area contributed by atoms with E-state index in [4.69, 9.17) is 4.42 Å². The highest BCUT2D eigenvalue weighted by atomic mass is 32.2. The number of carbonyl (C=O) groups is 1. The molecular formula is C22H18N2O2S. The van der Waals surface area contributed by atoms with E-state index in [2.05, 4.69) is 10.3 Å². The van der Waals surface area contributed by atoms with Crippen molar-refractivity contribution in [3.05, 3.63) is 90.3 Å². The quantitative estimate of drug-likeness (QED) is 0.503. The van der Waals surface area contributed by atoms with Crippen molar-refractivity contribution in [1.29, 1.82) is 0 Å². The molecule has 0 bridgehead atoms. The van der Waals surface area contributed by atoms with E-state index in [0.717, 1.165) is 21.6 Å². The molecule has 1 N–H and O–H groups in total. The largest absolute Gasteiger partial charge is 0.459 e. The molecule has 5 heteroatoms. The molecular weight excluding hydrogens is 356 g/mol. The lowest BCUT2D eigenvalue weighted by Gasteiger charge is -2.13. The number of nitrogens with one attached hydrogen (secondary N) is 1. The minimum absolute atomic E-state index is 0.172. The molecule has 4 aromatic rings. The Morgan fingerprint density at radius 3 is 2.63 bits per heavy atom. The number of hydrogen-bond acceptors (Lipinski definition) is 4. The smallest absolute Gasteiger partial charge is 0.254 e. The molecule has 2 heterocycles. The molecule has 0 radical (unpaired) electrons. The maximum absolute atomic E-state index is 12.8. The van der Waals surface area contributed by atoms with Gasteiger partial charge in [-0.05, 0) is 43.3 Å². The van der Waals surface area contributed by atoms with E-state index < -0.39 is 0 Å². The first-order valence-electron chi connectivity index (χ1n) is 8.68. The fourth-order valence-corrected chi connectivity index (χ4v) is 3.71. The molecule has 0 aliphatic carbocycles. The number of furan rings is 1. The van der Waals surface area contributed by atoms with Crippen LogP contribution in [0.1, 0.15) is 29.1 Å². The number of para-hydroxylation sites is 1. The highest BCUT2D eigenvalue weighted by Gasteiger charge is 2.18. The van der Waals surface area contributed by atoms with E-state index in [1.807, 2.05) is 67.6 Å². The molecule has 4 rings (SSSR count). The fraction of sp³-hybridized carbons (Fsp3) is 0.0909. The SMILES string of the molecule is CC(NC(=O)c1cccnc1Sc1ccccc1)c1cc2ccccc2o1. The average Bonchev–Trinajstić information content (AvgIpc) is 3.13. The minimum atomic E-state index is -0.250. The Hall–Kier alpha value is -3.05. The van der Waals surface area contributed by atoms with Gasteiger partial charge in [-0.15, -0.1) is 0 Å². The van der Waals surface area contributed by atoms with Gasteiger partial charge in [0.1, 0.15) is 16.4 Å². The summed E-state index contributed by atoms with van der Waals surface area (Å²) in [5.41, 5.74) is 1.37. The average molecular weight is 374 g/mol. The van der Waals surface area contributed by atoms with E-state index in [-0.39, 0.29) is 11.9 Å². The number of rotatable bonds is 5. The van der Waals surface area contributed by atoms with Crippen LogP contribution in [-0.2, 0) is 0 Å². The first kappa shape index (κ1) is 17.4. The highest BCUT2D eigenvalue weighted by molar-refractivity contribution is 7.99. The molecule has 0 saturated carbocycles. The van der Waals surface area contributed by atoms with Crippen molar-refractivity contribution in [1.82, 2.24) is 10.3 Å². The molecule has 4 nitrogen and oxygen atoms in total. The maximum atomic E-state index is 12.8. The predicted octanol–water partition coefficient (Wildman–Crippen LogP) is 5.47. The van der Waals surface area contributed by atoms with Crippen LogP contribution >= 0.6 is 11.8 Å². The van der Waals surface area contributed by atoms with Crippen molar-refractivity contribution in [3.63, 3.8) is 0 Å². The van der Waals surface area contributed by atoms with Gasteiger partial charge < -0.3 is 9.73 Å². The van der Waals surface area contributed by atoms with Gasteiger partial charge in [0.25, 0.3) is 5.91 Å². The van der Waals surface area contributed by atoms with Crippen LogP contribution in [0.3, 0.4) is 0 Å². The summed E-state index contributed by atoms with van der Waals surface area (Å²) >= 11 is 1.47. The zero-order valence-corrected chi connectivity index (χ0v) is 15.6. The molecule has 1 atom stereocenters. The van der Waals surface area contributed by atoms with Crippen LogP contribution in [-0.4, -0.2) is 10.9 Å². The van der Waals surface area contributed by atoms with E-state index in [1.165, 1.54) is 11.8 Å². The van der Waals surface area contributed by atoms with E-state index in [9.17, 15) is 4.79 Å². The summed E-state index contributed by atoms with van der Waals surface area (Å²) in [7, 11) is 0. The van der Waals surface area contributed by atoms with Crippen LogP contribution in [0.25, 0.3) is 11.0 Å². The lowest BCUT2D eigenvalue weighted by Crippen LogP contribution is -2.27. The van der Waals surface area contributed by atoms with Crippen LogP contribution < -0.4 is 5.32 Å². The summed E-state index contributed by atoms with van der Waals surface area (Å²) in [4.78, 5) is 18.3. The van der Waals surface area contributed by atoms with Crippen LogP contribution in [0.15, 0.2) is 93.3 Å². The first-order valence-corrected chi connectivity index (χ1v) is 9.49. The number of carbonyl (C=O) groups excluding carboxylic acids is 1. The Morgan fingerprint density at radius 2 is 1.81 bits per heavy atom. The molecule has 27 heavy (non-hydrogen) atoms. The zero-order valence-electron chi connectivity index (χ0n) is 14.8. The number of pyridine rings is 1. The Morgan fingerprint density at radius 1 is 1.04 bits per heavy atom. The molecule has 0 fully saturated rings. The molecule has 0 saturated heterocycles. The number of aromatic nitrogens is 1. The Labute approximate surface area is 161 Å².